The van der Waals surface area contributed by atoms with Crippen molar-refractivity contribution in [2.45, 2.75) is 38.6 Å². The second-order valence-corrected chi connectivity index (χ2v) is 9.18. The molecule has 39 heavy (non-hydrogen) atoms. The Hall–Kier alpha value is -4.80. The summed E-state index contributed by atoms with van der Waals surface area (Å²) in [6, 6.07) is 14.3. The monoisotopic (exact) mass is 534 g/mol. The lowest BCUT2D eigenvalue weighted by molar-refractivity contribution is -0.136. The fourth-order valence-electron chi connectivity index (χ4n) is 4.55. The maximum Gasteiger partial charge on any atom is 0.319 e. The Labute approximate surface area is 222 Å². The van der Waals surface area contributed by atoms with Crippen LogP contribution in [0, 0.1) is 11.6 Å². The van der Waals surface area contributed by atoms with Crippen molar-refractivity contribution in [3.05, 3.63) is 94.6 Å². The molecule has 2 aliphatic rings. The van der Waals surface area contributed by atoms with E-state index in [0.29, 0.717) is 17.0 Å². The molecule has 1 atom stereocenters. The van der Waals surface area contributed by atoms with Gasteiger partial charge in [0.1, 0.15) is 30.0 Å². The number of amides is 5. The van der Waals surface area contributed by atoms with Crippen LogP contribution in [-0.4, -0.2) is 34.7 Å². The summed E-state index contributed by atoms with van der Waals surface area (Å²) in [6.07, 6.45) is 0.284. The van der Waals surface area contributed by atoms with E-state index in [0.717, 1.165) is 0 Å². The summed E-state index contributed by atoms with van der Waals surface area (Å²) in [7, 11) is 0. The zero-order valence-corrected chi connectivity index (χ0v) is 20.6. The lowest BCUT2D eigenvalue weighted by Crippen LogP contribution is -2.52. The van der Waals surface area contributed by atoms with E-state index >= 15 is 4.39 Å². The summed E-state index contributed by atoms with van der Waals surface area (Å²) < 4.78 is 34.5. The van der Waals surface area contributed by atoms with E-state index in [2.05, 4.69) is 16.0 Å². The van der Waals surface area contributed by atoms with Crippen LogP contribution in [0.2, 0.25) is 0 Å². The molecule has 2 aliphatic heterocycles. The second kappa shape index (κ2) is 10.9. The highest BCUT2D eigenvalue weighted by Crippen LogP contribution is 2.30. The maximum absolute atomic E-state index is 15.2. The molecule has 5 amide bonds. The van der Waals surface area contributed by atoms with Crippen LogP contribution in [0.15, 0.2) is 60.7 Å². The number of piperidine rings is 1. The predicted molar refractivity (Wildman–Crippen MR) is 135 cm³/mol. The number of hydrogen-bond donors (Lipinski definition) is 3. The third kappa shape index (κ3) is 5.57. The fraction of sp³-hybridized carbons (Fsp3) is 0.214. The normalized spacial score (nSPS) is 16.5. The Balaban J connectivity index is 1.15. The smallest absolute Gasteiger partial charge is 0.319 e. The number of ether oxygens (including phenoxy) is 1. The summed E-state index contributed by atoms with van der Waals surface area (Å²) >= 11 is 0. The van der Waals surface area contributed by atoms with Crippen LogP contribution >= 0.6 is 0 Å². The van der Waals surface area contributed by atoms with Crippen molar-refractivity contribution in [1.82, 2.24) is 15.5 Å². The number of nitrogens with one attached hydrogen (secondary N) is 3. The van der Waals surface area contributed by atoms with Gasteiger partial charge in [-0.25, -0.2) is 13.6 Å². The molecule has 0 aromatic heterocycles. The van der Waals surface area contributed by atoms with Crippen LogP contribution in [0.25, 0.3) is 0 Å². The molecular weight excluding hydrogens is 510 g/mol. The van der Waals surface area contributed by atoms with E-state index in [1.54, 1.807) is 42.5 Å². The molecule has 200 valence electrons. The third-order valence-corrected chi connectivity index (χ3v) is 6.63. The first-order valence-corrected chi connectivity index (χ1v) is 12.3. The van der Waals surface area contributed by atoms with E-state index in [1.165, 1.54) is 23.1 Å². The summed E-state index contributed by atoms with van der Waals surface area (Å²) in [5.41, 5.74) is 1.37. The number of urea groups is 1. The number of benzene rings is 3. The number of nitrogens with zero attached hydrogens (tertiary/aromatic N) is 1. The first kappa shape index (κ1) is 25.8. The number of imide groups is 1. The number of rotatable bonds is 7. The molecule has 5 rings (SSSR count). The van der Waals surface area contributed by atoms with Gasteiger partial charge in [-0.2, -0.15) is 0 Å². The Bertz CT molecular complexity index is 1460. The van der Waals surface area contributed by atoms with Crippen molar-refractivity contribution in [3.63, 3.8) is 0 Å². The molecule has 2 heterocycles. The molecule has 0 aliphatic carbocycles. The number of hydrogen-bond acceptors (Lipinski definition) is 5. The third-order valence-electron chi connectivity index (χ3n) is 6.63. The van der Waals surface area contributed by atoms with Crippen LogP contribution < -0.4 is 20.7 Å². The van der Waals surface area contributed by atoms with Crippen molar-refractivity contribution in [3.8, 4) is 5.75 Å². The van der Waals surface area contributed by atoms with Gasteiger partial charge in [0.2, 0.25) is 11.8 Å². The van der Waals surface area contributed by atoms with E-state index in [-0.39, 0.29) is 55.0 Å². The van der Waals surface area contributed by atoms with Gasteiger partial charge in [0, 0.05) is 40.9 Å². The zero-order chi connectivity index (χ0) is 27.5. The number of carbonyl (C=O) groups excluding carboxylic acids is 4. The SMILES string of the molecule is O=C1CCC(N2Cc3c(ccc(CNC(=O)Nc4ccc(OCc5ccccc5F)cc4)c3F)C2=O)C(=O)N1. The highest BCUT2D eigenvalue weighted by molar-refractivity contribution is 6.05. The number of carbonyl (C=O) groups is 4. The van der Waals surface area contributed by atoms with Crippen LogP contribution in [-0.2, 0) is 29.3 Å². The summed E-state index contributed by atoms with van der Waals surface area (Å²) in [5.74, 6) is -1.95. The van der Waals surface area contributed by atoms with Gasteiger partial charge in [-0.15, -0.1) is 0 Å². The molecule has 1 fully saturated rings. The van der Waals surface area contributed by atoms with Crippen LogP contribution in [0.5, 0.6) is 5.75 Å². The molecule has 0 spiro atoms. The maximum atomic E-state index is 15.2. The highest BCUT2D eigenvalue weighted by atomic mass is 19.1. The average Bonchev–Trinajstić information content (AvgIpc) is 3.25. The first-order chi connectivity index (χ1) is 18.8. The summed E-state index contributed by atoms with van der Waals surface area (Å²) in [6.45, 7) is -0.178. The van der Waals surface area contributed by atoms with Crippen molar-refractivity contribution in [1.29, 1.82) is 0 Å². The van der Waals surface area contributed by atoms with Crippen molar-refractivity contribution >= 4 is 29.4 Å². The summed E-state index contributed by atoms with van der Waals surface area (Å²) in [4.78, 5) is 50.1. The van der Waals surface area contributed by atoms with E-state index in [9.17, 15) is 23.6 Å². The molecule has 1 unspecified atom stereocenters. The fourth-order valence-corrected chi connectivity index (χ4v) is 4.55. The van der Waals surface area contributed by atoms with E-state index in [4.69, 9.17) is 4.74 Å². The molecular formula is C28H24F2N4O5. The molecule has 9 nitrogen and oxygen atoms in total. The molecule has 3 aromatic carbocycles. The standard InChI is InChI=1S/C28H24F2N4O5/c29-22-4-2-1-3-17(22)15-39-19-8-6-18(7-9-19)32-28(38)31-13-16-5-10-20-21(25(16)30)14-34(27(20)37)23-11-12-24(35)33-26(23)36/h1-10,23H,11-15H2,(H2,31,32,38)(H,33,35,36). The van der Waals surface area contributed by atoms with Gasteiger partial charge in [0.25, 0.3) is 5.91 Å². The second-order valence-electron chi connectivity index (χ2n) is 9.18. The molecule has 0 saturated carbocycles. The minimum absolute atomic E-state index is 0.0587. The molecule has 0 bridgehead atoms. The average molecular weight is 535 g/mol. The molecule has 0 radical (unpaired) electrons. The van der Waals surface area contributed by atoms with Crippen LogP contribution in [0.3, 0.4) is 0 Å². The zero-order valence-electron chi connectivity index (χ0n) is 20.6. The van der Waals surface area contributed by atoms with Gasteiger partial charge in [-0.3, -0.25) is 19.7 Å². The highest BCUT2D eigenvalue weighted by Gasteiger charge is 2.40. The largest absolute Gasteiger partial charge is 0.489 e. The lowest BCUT2D eigenvalue weighted by Gasteiger charge is -2.29. The number of halogens is 2. The van der Waals surface area contributed by atoms with Gasteiger partial charge in [-0.1, -0.05) is 24.3 Å². The minimum Gasteiger partial charge on any atom is -0.489 e. The minimum atomic E-state index is -0.842. The molecule has 11 heteroatoms. The van der Waals surface area contributed by atoms with Crippen LogP contribution in [0.1, 0.15) is 39.9 Å². The first-order valence-electron chi connectivity index (χ1n) is 12.3. The number of anilines is 1. The van der Waals surface area contributed by atoms with Gasteiger partial charge in [-0.05, 0) is 42.8 Å². The van der Waals surface area contributed by atoms with Gasteiger partial charge in [0.05, 0.1) is 6.54 Å². The molecule has 3 aromatic rings. The molecule has 1 saturated heterocycles. The van der Waals surface area contributed by atoms with E-state index < -0.39 is 35.6 Å². The van der Waals surface area contributed by atoms with Crippen LogP contribution in [0.4, 0.5) is 19.3 Å². The quantitative estimate of drug-likeness (QED) is 0.401. The van der Waals surface area contributed by atoms with E-state index in [1.807, 2.05) is 0 Å². The Morgan fingerprint density at radius 3 is 2.51 bits per heavy atom. The van der Waals surface area contributed by atoms with Gasteiger partial charge < -0.3 is 20.3 Å². The van der Waals surface area contributed by atoms with Gasteiger partial charge >= 0.3 is 6.03 Å². The van der Waals surface area contributed by atoms with Crippen molar-refractivity contribution in [2.24, 2.45) is 0 Å². The Kier molecular flexibility index (Phi) is 7.22. The van der Waals surface area contributed by atoms with Crippen molar-refractivity contribution in [2.75, 3.05) is 5.32 Å². The lowest BCUT2D eigenvalue weighted by atomic mass is 10.0. The topological polar surface area (TPSA) is 117 Å². The predicted octanol–water partition coefficient (Wildman–Crippen LogP) is 3.63. The molecule has 3 N–H and O–H groups in total. The Morgan fingerprint density at radius 2 is 1.77 bits per heavy atom. The Morgan fingerprint density at radius 1 is 1.00 bits per heavy atom. The summed E-state index contributed by atoms with van der Waals surface area (Å²) in [5, 5.41) is 7.43. The van der Waals surface area contributed by atoms with Gasteiger partial charge in [0.15, 0.2) is 0 Å². The van der Waals surface area contributed by atoms with Crippen molar-refractivity contribution < 1.29 is 32.7 Å². The number of fused-ring (bicyclic) bond motifs is 1.